The zero-order valence-corrected chi connectivity index (χ0v) is 10.9. The Kier molecular flexibility index (Phi) is 6.00. The molecule has 6 heteroatoms. The summed E-state index contributed by atoms with van der Waals surface area (Å²) in [5, 5.41) is 3.73. The van der Waals surface area contributed by atoms with Gasteiger partial charge in [-0.25, -0.2) is 0 Å². The summed E-state index contributed by atoms with van der Waals surface area (Å²) >= 11 is 5.61. The molecule has 0 aliphatic rings. The SMILES string of the molecule is CCN(CCCCl)C(=O)c1cc(COC)on1. The Morgan fingerprint density at radius 3 is 3.00 bits per heavy atom. The normalized spacial score (nSPS) is 10.5. The van der Waals surface area contributed by atoms with Crippen LogP contribution in [0.2, 0.25) is 0 Å². The Hall–Kier alpha value is -1.07. The molecule has 0 atom stereocenters. The molecule has 0 saturated carbocycles. The van der Waals surface area contributed by atoms with E-state index in [1.54, 1.807) is 18.1 Å². The first-order valence-electron chi connectivity index (χ1n) is 5.52. The van der Waals surface area contributed by atoms with E-state index in [1.165, 1.54) is 0 Å². The van der Waals surface area contributed by atoms with Crippen molar-refractivity contribution >= 4 is 17.5 Å². The number of methoxy groups -OCH3 is 1. The van der Waals surface area contributed by atoms with Crippen LogP contribution in [0.3, 0.4) is 0 Å². The molecule has 0 bridgehead atoms. The first kappa shape index (κ1) is 14.0. The zero-order valence-electron chi connectivity index (χ0n) is 10.1. The van der Waals surface area contributed by atoms with Crippen molar-refractivity contribution in [3.05, 3.63) is 17.5 Å². The van der Waals surface area contributed by atoms with Gasteiger partial charge in [0.05, 0.1) is 0 Å². The van der Waals surface area contributed by atoms with Crippen molar-refractivity contribution in [1.29, 1.82) is 0 Å². The molecule has 0 unspecified atom stereocenters. The predicted octanol–water partition coefficient (Wildman–Crippen LogP) is 1.91. The van der Waals surface area contributed by atoms with Gasteiger partial charge >= 0.3 is 0 Å². The van der Waals surface area contributed by atoms with Crippen molar-refractivity contribution in [2.45, 2.75) is 20.0 Å². The highest BCUT2D eigenvalue weighted by atomic mass is 35.5. The smallest absolute Gasteiger partial charge is 0.276 e. The molecule has 1 heterocycles. The minimum absolute atomic E-state index is 0.135. The van der Waals surface area contributed by atoms with Gasteiger partial charge in [0.15, 0.2) is 11.5 Å². The number of nitrogens with zero attached hydrogens (tertiary/aromatic N) is 2. The van der Waals surface area contributed by atoms with E-state index >= 15 is 0 Å². The average molecular weight is 261 g/mol. The van der Waals surface area contributed by atoms with Crippen LogP contribution in [-0.2, 0) is 11.3 Å². The van der Waals surface area contributed by atoms with Gasteiger partial charge in [-0.05, 0) is 13.3 Å². The molecule has 0 radical (unpaired) electrons. The maximum Gasteiger partial charge on any atom is 0.276 e. The van der Waals surface area contributed by atoms with Crippen LogP contribution < -0.4 is 0 Å². The summed E-state index contributed by atoms with van der Waals surface area (Å²) in [6.07, 6.45) is 0.768. The third-order valence-corrected chi connectivity index (χ3v) is 2.56. The minimum atomic E-state index is -0.135. The van der Waals surface area contributed by atoms with Crippen LogP contribution in [0.15, 0.2) is 10.6 Å². The lowest BCUT2D eigenvalue weighted by atomic mass is 10.3. The standard InChI is InChI=1S/C11H17ClN2O3/c1-3-14(6-4-5-12)11(15)10-7-9(8-16-2)17-13-10/h7H,3-6,8H2,1-2H3. The van der Waals surface area contributed by atoms with E-state index in [0.717, 1.165) is 6.42 Å². The van der Waals surface area contributed by atoms with E-state index in [4.69, 9.17) is 20.9 Å². The van der Waals surface area contributed by atoms with E-state index in [0.29, 0.717) is 37.0 Å². The molecular weight excluding hydrogens is 244 g/mol. The quantitative estimate of drug-likeness (QED) is 0.703. The highest BCUT2D eigenvalue weighted by Crippen LogP contribution is 2.08. The number of carbonyl (C=O) groups excluding carboxylic acids is 1. The van der Waals surface area contributed by atoms with Crippen LogP contribution in [-0.4, -0.2) is 42.0 Å². The fourth-order valence-corrected chi connectivity index (χ4v) is 1.56. The first-order valence-corrected chi connectivity index (χ1v) is 6.06. The van der Waals surface area contributed by atoms with Gasteiger partial charge in [0.2, 0.25) is 0 Å². The molecule has 0 fully saturated rings. The molecule has 1 aromatic rings. The second-order valence-electron chi connectivity index (χ2n) is 3.54. The molecule has 0 aliphatic heterocycles. The van der Waals surface area contributed by atoms with Crippen LogP contribution in [0.4, 0.5) is 0 Å². The lowest BCUT2D eigenvalue weighted by Crippen LogP contribution is -2.32. The molecule has 0 aliphatic carbocycles. The van der Waals surface area contributed by atoms with Crippen LogP contribution in [0.25, 0.3) is 0 Å². The summed E-state index contributed by atoms with van der Waals surface area (Å²) in [6, 6.07) is 1.61. The molecule has 0 saturated heterocycles. The monoisotopic (exact) mass is 260 g/mol. The predicted molar refractivity (Wildman–Crippen MR) is 64.1 cm³/mol. The summed E-state index contributed by atoms with van der Waals surface area (Å²) in [5.74, 6) is 0.949. The van der Waals surface area contributed by atoms with Crippen LogP contribution >= 0.6 is 11.6 Å². The zero-order chi connectivity index (χ0) is 12.7. The molecule has 0 N–H and O–H groups in total. The van der Waals surface area contributed by atoms with E-state index in [1.807, 2.05) is 6.92 Å². The Morgan fingerprint density at radius 2 is 2.41 bits per heavy atom. The number of halogens is 1. The topological polar surface area (TPSA) is 55.6 Å². The molecule has 0 spiro atoms. The van der Waals surface area contributed by atoms with Crippen molar-refractivity contribution in [3.8, 4) is 0 Å². The molecule has 5 nitrogen and oxygen atoms in total. The molecule has 1 aromatic heterocycles. The van der Waals surface area contributed by atoms with Crippen LogP contribution in [0.1, 0.15) is 29.6 Å². The van der Waals surface area contributed by atoms with Crippen molar-refractivity contribution in [2.75, 3.05) is 26.1 Å². The molecule has 17 heavy (non-hydrogen) atoms. The molecule has 1 amide bonds. The van der Waals surface area contributed by atoms with Gasteiger partial charge in [0.1, 0.15) is 6.61 Å². The third kappa shape index (κ3) is 4.02. The Morgan fingerprint density at radius 1 is 1.65 bits per heavy atom. The van der Waals surface area contributed by atoms with Crippen LogP contribution in [0.5, 0.6) is 0 Å². The van der Waals surface area contributed by atoms with Gasteiger partial charge in [-0.15, -0.1) is 11.6 Å². The molecule has 0 aromatic carbocycles. The number of alkyl halides is 1. The first-order chi connectivity index (χ1) is 8.22. The van der Waals surface area contributed by atoms with Crippen molar-refractivity contribution in [1.82, 2.24) is 10.1 Å². The number of amides is 1. The Labute approximate surface area is 106 Å². The molecular formula is C11H17ClN2O3. The molecule has 1 rings (SSSR count). The second kappa shape index (κ2) is 7.29. The summed E-state index contributed by atoms with van der Waals surface area (Å²) in [4.78, 5) is 13.7. The number of hydrogen-bond acceptors (Lipinski definition) is 4. The number of ether oxygens (including phenoxy) is 1. The fraction of sp³-hybridized carbons (Fsp3) is 0.636. The van der Waals surface area contributed by atoms with Crippen molar-refractivity contribution in [2.24, 2.45) is 0 Å². The average Bonchev–Trinajstić information content (AvgIpc) is 2.79. The van der Waals surface area contributed by atoms with Crippen LogP contribution in [0, 0.1) is 0 Å². The highest BCUT2D eigenvalue weighted by molar-refractivity contribution is 6.17. The third-order valence-electron chi connectivity index (χ3n) is 2.30. The number of rotatable bonds is 7. The summed E-state index contributed by atoms with van der Waals surface area (Å²) in [7, 11) is 1.56. The highest BCUT2D eigenvalue weighted by Gasteiger charge is 2.18. The minimum Gasteiger partial charge on any atom is -0.377 e. The number of carbonyl (C=O) groups is 1. The summed E-state index contributed by atoms with van der Waals surface area (Å²) < 4.78 is 9.87. The summed E-state index contributed by atoms with van der Waals surface area (Å²) in [5.41, 5.74) is 0.313. The fourth-order valence-electron chi connectivity index (χ4n) is 1.44. The maximum absolute atomic E-state index is 12.0. The maximum atomic E-state index is 12.0. The van der Waals surface area contributed by atoms with Gasteiger partial charge in [-0.2, -0.15) is 0 Å². The van der Waals surface area contributed by atoms with E-state index in [2.05, 4.69) is 5.16 Å². The van der Waals surface area contributed by atoms with E-state index < -0.39 is 0 Å². The second-order valence-corrected chi connectivity index (χ2v) is 3.92. The van der Waals surface area contributed by atoms with Gasteiger partial charge < -0.3 is 14.2 Å². The Bertz CT molecular complexity index is 354. The van der Waals surface area contributed by atoms with Crippen molar-refractivity contribution in [3.63, 3.8) is 0 Å². The van der Waals surface area contributed by atoms with Gasteiger partial charge in [-0.3, -0.25) is 4.79 Å². The largest absolute Gasteiger partial charge is 0.377 e. The molecule has 96 valence electrons. The number of aromatic nitrogens is 1. The van der Waals surface area contributed by atoms with E-state index in [-0.39, 0.29) is 5.91 Å². The van der Waals surface area contributed by atoms with Gasteiger partial charge in [0, 0.05) is 32.1 Å². The lowest BCUT2D eigenvalue weighted by Gasteiger charge is -2.18. The van der Waals surface area contributed by atoms with Gasteiger partial charge in [-0.1, -0.05) is 5.16 Å². The lowest BCUT2D eigenvalue weighted by molar-refractivity contribution is 0.0754. The van der Waals surface area contributed by atoms with E-state index in [9.17, 15) is 4.79 Å². The number of hydrogen-bond donors (Lipinski definition) is 0. The summed E-state index contributed by atoms with van der Waals surface area (Å²) in [6.45, 7) is 3.49. The Balaban J connectivity index is 2.65. The van der Waals surface area contributed by atoms with Crippen molar-refractivity contribution < 1.29 is 14.1 Å². The van der Waals surface area contributed by atoms with Gasteiger partial charge in [0.25, 0.3) is 5.91 Å².